The highest BCUT2D eigenvalue weighted by Gasteiger charge is 2.39. The van der Waals surface area contributed by atoms with Crippen LogP contribution in [0.3, 0.4) is 0 Å². The SMILES string of the molecule is CC1CCN(C2CCCC(C)(C)C2N)CC1. The lowest BCUT2D eigenvalue weighted by Gasteiger charge is -2.48. The first kappa shape index (κ1) is 12.4. The molecule has 2 fully saturated rings. The number of piperidine rings is 1. The van der Waals surface area contributed by atoms with E-state index in [9.17, 15) is 0 Å². The fourth-order valence-electron chi connectivity index (χ4n) is 3.40. The molecule has 1 saturated heterocycles. The highest BCUT2D eigenvalue weighted by Crippen LogP contribution is 2.37. The van der Waals surface area contributed by atoms with Crippen molar-refractivity contribution >= 4 is 0 Å². The fourth-order valence-corrected chi connectivity index (χ4v) is 3.40. The molecule has 2 N–H and O–H groups in total. The minimum Gasteiger partial charge on any atom is -0.326 e. The van der Waals surface area contributed by atoms with Crippen LogP contribution < -0.4 is 5.73 Å². The summed E-state index contributed by atoms with van der Waals surface area (Å²) in [6.07, 6.45) is 6.71. The molecule has 0 aromatic heterocycles. The van der Waals surface area contributed by atoms with Crippen molar-refractivity contribution < 1.29 is 0 Å². The van der Waals surface area contributed by atoms with E-state index in [-0.39, 0.29) is 0 Å². The lowest BCUT2D eigenvalue weighted by atomic mass is 9.70. The highest BCUT2D eigenvalue weighted by atomic mass is 15.2. The van der Waals surface area contributed by atoms with Crippen LogP contribution >= 0.6 is 0 Å². The molecule has 2 unspecified atom stereocenters. The Bertz CT molecular complexity index is 229. The van der Waals surface area contributed by atoms with Crippen molar-refractivity contribution in [2.75, 3.05) is 13.1 Å². The topological polar surface area (TPSA) is 29.3 Å². The summed E-state index contributed by atoms with van der Waals surface area (Å²) in [5, 5.41) is 0. The van der Waals surface area contributed by atoms with Crippen LogP contribution in [0.5, 0.6) is 0 Å². The summed E-state index contributed by atoms with van der Waals surface area (Å²) >= 11 is 0. The Balaban J connectivity index is 1.98. The van der Waals surface area contributed by atoms with E-state index in [1.165, 1.54) is 45.2 Å². The quantitative estimate of drug-likeness (QED) is 0.742. The van der Waals surface area contributed by atoms with Crippen LogP contribution in [0, 0.1) is 11.3 Å². The second-order valence-corrected chi connectivity index (χ2v) is 6.69. The van der Waals surface area contributed by atoms with Crippen molar-refractivity contribution in [2.45, 2.75) is 65.0 Å². The van der Waals surface area contributed by atoms with Crippen LogP contribution in [0.4, 0.5) is 0 Å². The first-order valence-corrected chi connectivity index (χ1v) is 7.00. The predicted molar refractivity (Wildman–Crippen MR) is 69.4 cm³/mol. The van der Waals surface area contributed by atoms with Crippen LogP contribution in [-0.2, 0) is 0 Å². The van der Waals surface area contributed by atoms with Gasteiger partial charge in [-0.3, -0.25) is 4.90 Å². The van der Waals surface area contributed by atoms with Crippen molar-refractivity contribution in [1.29, 1.82) is 0 Å². The highest BCUT2D eigenvalue weighted by molar-refractivity contribution is 4.96. The third kappa shape index (κ3) is 2.43. The van der Waals surface area contributed by atoms with Gasteiger partial charge in [-0.05, 0) is 50.1 Å². The maximum Gasteiger partial charge on any atom is 0.0252 e. The van der Waals surface area contributed by atoms with Gasteiger partial charge in [-0.25, -0.2) is 0 Å². The number of rotatable bonds is 1. The number of likely N-dealkylation sites (tertiary alicyclic amines) is 1. The van der Waals surface area contributed by atoms with E-state index in [4.69, 9.17) is 5.73 Å². The second-order valence-electron chi connectivity index (χ2n) is 6.69. The first-order chi connectivity index (χ1) is 7.50. The van der Waals surface area contributed by atoms with Gasteiger partial charge in [-0.1, -0.05) is 27.2 Å². The van der Waals surface area contributed by atoms with Gasteiger partial charge in [0, 0.05) is 12.1 Å². The molecular formula is C14H28N2. The van der Waals surface area contributed by atoms with Crippen molar-refractivity contribution in [2.24, 2.45) is 17.1 Å². The molecule has 1 aliphatic carbocycles. The Hall–Kier alpha value is -0.0800. The molecule has 2 aliphatic rings. The number of nitrogens with zero attached hydrogens (tertiary/aromatic N) is 1. The summed E-state index contributed by atoms with van der Waals surface area (Å²) in [5.41, 5.74) is 6.82. The smallest absolute Gasteiger partial charge is 0.0252 e. The Labute approximate surface area is 101 Å². The molecule has 1 aliphatic heterocycles. The summed E-state index contributed by atoms with van der Waals surface area (Å²) in [5.74, 6) is 0.920. The third-order valence-corrected chi connectivity index (χ3v) is 4.93. The molecule has 2 nitrogen and oxygen atoms in total. The molecule has 0 bridgehead atoms. The molecule has 0 aromatic carbocycles. The van der Waals surface area contributed by atoms with E-state index in [1.54, 1.807) is 0 Å². The molecule has 94 valence electrons. The summed E-state index contributed by atoms with van der Waals surface area (Å²) in [7, 11) is 0. The van der Waals surface area contributed by atoms with Crippen LogP contribution in [0.1, 0.15) is 52.9 Å². The standard InChI is InChI=1S/C14H28N2/c1-11-6-9-16(10-7-11)12-5-4-8-14(2,3)13(12)15/h11-13H,4-10,15H2,1-3H3. The molecule has 0 aromatic rings. The van der Waals surface area contributed by atoms with Gasteiger partial charge in [-0.15, -0.1) is 0 Å². The Morgan fingerprint density at radius 2 is 1.75 bits per heavy atom. The van der Waals surface area contributed by atoms with Gasteiger partial charge >= 0.3 is 0 Å². The van der Waals surface area contributed by atoms with Gasteiger partial charge in [0.05, 0.1) is 0 Å². The molecule has 2 rings (SSSR count). The van der Waals surface area contributed by atoms with Crippen molar-refractivity contribution in [3.8, 4) is 0 Å². The molecule has 2 heteroatoms. The van der Waals surface area contributed by atoms with E-state index in [2.05, 4.69) is 25.7 Å². The lowest BCUT2D eigenvalue weighted by Crippen LogP contribution is -2.58. The van der Waals surface area contributed by atoms with Gasteiger partial charge in [0.2, 0.25) is 0 Å². The number of nitrogens with two attached hydrogens (primary N) is 1. The van der Waals surface area contributed by atoms with E-state index >= 15 is 0 Å². The average molecular weight is 224 g/mol. The Kier molecular flexibility index (Phi) is 3.60. The van der Waals surface area contributed by atoms with E-state index in [0.29, 0.717) is 17.5 Å². The Morgan fingerprint density at radius 3 is 2.38 bits per heavy atom. The third-order valence-electron chi connectivity index (χ3n) is 4.93. The van der Waals surface area contributed by atoms with Gasteiger partial charge in [0.1, 0.15) is 0 Å². The van der Waals surface area contributed by atoms with Crippen LogP contribution in [0.15, 0.2) is 0 Å². The zero-order chi connectivity index (χ0) is 11.8. The average Bonchev–Trinajstić information content (AvgIpc) is 2.24. The normalized spacial score (nSPS) is 37.5. The van der Waals surface area contributed by atoms with Crippen molar-refractivity contribution in [3.05, 3.63) is 0 Å². The monoisotopic (exact) mass is 224 g/mol. The first-order valence-electron chi connectivity index (χ1n) is 7.00. The largest absolute Gasteiger partial charge is 0.326 e. The number of hydrogen-bond donors (Lipinski definition) is 1. The molecular weight excluding hydrogens is 196 g/mol. The predicted octanol–water partition coefficient (Wildman–Crippen LogP) is 2.62. The van der Waals surface area contributed by atoms with E-state index in [0.717, 1.165) is 5.92 Å². The Morgan fingerprint density at radius 1 is 1.12 bits per heavy atom. The maximum atomic E-state index is 6.48. The van der Waals surface area contributed by atoms with Gasteiger partial charge in [0.15, 0.2) is 0 Å². The minimum absolute atomic E-state index is 0.339. The van der Waals surface area contributed by atoms with E-state index in [1.807, 2.05) is 0 Å². The van der Waals surface area contributed by atoms with Gasteiger partial charge in [0.25, 0.3) is 0 Å². The molecule has 0 radical (unpaired) electrons. The maximum absolute atomic E-state index is 6.48. The molecule has 16 heavy (non-hydrogen) atoms. The number of hydrogen-bond acceptors (Lipinski definition) is 2. The summed E-state index contributed by atoms with van der Waals surface area (Å²) in [6.45, 7) is 9.61. The van der Waals surface area contributed by atoms with Crippen molar-refractivity contribution in [3.63, 3.8) is 0 Å². The lowest BCUT2D eigenvalue weighted by molar-refractivity contribution is 0.0465. The van der Waals surface area contributed by atoms with Crippen molar-refractivity contribution in [1.82, 2.24) is 4.90 Å². The second kappa shape index (κ2) is 4.66. The van der Waals surface area contributed by atoms with Crippen LogP contribution in [0.25, 0.3) is 0 Å². The molecule has 0 amide bonds. The van der Waals surface area contributed by atoms with Gasteiger partial charge in [-0.2, -0.15) is 0 Å². The zero-order valence-electron chi connectivity index (χ0n) is 11.2. The summed E-state index contributed by atoms with van der Waals surface area (Å²) in [4.78, 5) is 2.67. The molecule has 1 saturated carbocycles. The molecule has 1 heterocycles. The van der Waals surface area contributed by atoms with E-state index < -0.39 is 0 Å². The summed E-state index contributed by atoms with van der Waals surface area (Å²) < 4.78 is 0. The molecule has 0 spiro atoms. The van der Waals surface area contributed by atoms with Crippen LogP contribution in [-0.4, -0.2) is 30.1 Å². The zero-order valence-corrected chi connectivity index (χ0v) is 11.2. The van der Waals surface area contributed by atoms with Gasteiger partial charge < -0.3 is 5.73 Å². The fraction of sp³-hybridized carbons (Fsp3) is 1.00. The summed E-state index contributed by atoms with van der Waals surface area (Å²) in [6, 6.07) is 1.02. The molecule has 2 atom stereocenters. The minimum atomic E-state index is 0.339. The van der Waals surface area contributed by atoms with Crippen LogP contribution in [0.2, 0.25) is 0 Å².